The first-order chi connectivity index (χ1) is 13.7. The Bertz CT molecular complexity index is 1010. The smallest absolute Gasteiger partial charge is 0.414 e. The summed E-state index contributed by atoms with van der Waals surface area (Å²) in [6.45, 7) is 0.736. The van der Waals surface area contributed by atoms with E-state index in [0.717, 1.165) is 33.6 Å². The van der Waals surface area contributed by atoms with Crippen LogP contribution >= 0.6 is 0 Å². The van der Waals surface area contributed by atoms with E-state index in [1.54, 1.807) is 19.1 Å². The second-order valence-corrected chi connectivity index (χ2v) is 6.50. The van der Waals surface area contributed by atoms with Gasteiger partial charge in [-0.1, -0.05) is 18.2 Å². The molecule has 1 aliphatic heterocycles. The maximum atomic E-state index is 12.2. The summed E-state index contributed by atoms with van der Waals surface area (Å²) < 4.78 is 15.6. The van der Waals surface area contributed by atoms with Gasteiger partial charge >= 0.3 is 6.09 Å². The van der Waals surface area contributed by atoms with Gasteiger partial charge in [0.1, 0.15) is 12.4 Å². The van der Waals surface area contributed by atoms with Crippen molar-refractivity contribution in [2.24, 2.45) is 0 Å². The number of carbonyl (C=O) groups is 1. The maximum absolute atomic E-state index is 12.2. The molecule has 144 valence electrons. The van der Waals surface area contributed by atoms with Crippen LogP contribution in [0.25, 0.3) is 23.1 Å². The van der Waals surface area contributed by atoms with Crippen LogP contribution in [0.3, 0.4) is 0 Å². The van der Waals surface area contributed by atoms with E-state index in [-0.39, 0.29) is 12.1 Å². The van der Waals surface area contributed by atoms with Gasteiger partial charge in [-0.2, -0.15) is 5.10 Å². The number of rotatable bonds is 6. The van der Waals surface area contributed by atoms with E-state index >= 15 is 0 Å². The zero-order valence-electron chi connectivity index (χ0n) is 15.7. The number of methoxy groups -OCH3 is 2. The molecular weight excluding hydrogens is 358 g/mol. The fourth-order valence-corrected chi connectivity index (χ4v) is 3.28. The molecule has 1 aliphatic rings. The minimum atomic E-state index is -0.361. The quantitative estimate of drug-likeness (QED) is 0.706. The molecule has 4 rings (SSSR count). The molecule has 0 radical (unpaired) electrons. The van der Waals surface area contributed by atoms with Gasteiger partial charge in [0.05, 0.1) is 31.0 Å². The number of aromatic nitrogens is 2. The zero-order chi connectivity index (χ0) is 19.5. The number of nitrogens with zero attached hydrogens (tertiary/aromatic N) is 2. The lowest BCUT2D eigenvalue weighted by atomic mass is 10.1. The van der Waals surface area contributed by atoms with Gasteiger partial charge in [0.25, 0.3) is 0 Å². The van der Waals surface area contributed by atoms with Crippen molar-refractivity contribution in [2.75, 3.05) is 32.3 Å². The molecular formula is C21H21N3O4. The van der Waals surface area contributed by atoms with E-state index in [1.807, 2.05) is 54.6 Å². The van der Waals surface area contributed by atoms with Crippen LogP contribution in [0.5, 0.6) is 5.75 Å². The number of nitrogens with one attached hydrogen (secondary N) is 1. The number of carbonyl (C=O) groups excluding carboxylic acids is 1. The molecule has 2 aromatic carbocycles. The van der Waals surface area contributed by atoms with Gasteiger partial charge in [0.2, 0.25) is 0 Å². The molecule has 2 heterocycles. The molecule has 0 saturated carbocycles. The maximum Gasteiger partial charge on any atom is 0.414 e. The number of fused-ring (bicyclic) bond motifs is 1. The average Bonchev–Trinajstić information content (AvgIpc) is 3.30. The highest BCUT2D eigenvalue weighted by Crippen LogP contribution is 2.28. The fraction of sp³-hybridized carbons (Fsp3) is 0.238. The first-order valence-corrected chi connectivity index (χ1v) is 8.95. The third-order valence-corrected chi connectivity index (χ3v) is 4.72. The molecule has 1 atom stereocenters. The van der Waals surface area contributed by atoms with Gasteiger partial charge in [-0.05, 0) is 42.0 Å². The molecule has 28 heavy (non-hydrogen) atoms. The lowest BCUT2D eigenvalue weighted by molar-refractivity contribution is 0.157. The molecule has 1 fully saturated rings. The van der Waals surface area contributed by atoms with E-state index in [0.29, 0.717) is 13.2 Å². The van der Waals surface area contributed by atoms with Crippen LogP contribution in [0.2, 0.25) is 0 Å². The number of cyclic esters (lactones) is 1. The molecule has 3 aromatic rings. The number of aromatic amines is 1. The van der Waals surface area contributed by atoms with Crippen molar-refractivity contribution >= 4 is 34.8 Å². The van der Waals surface area contributed by atoms with Crippen LogP contribution in [0.1, 0.15) is 11.3 Å². The topological polar surface area (TPSA) is 76.7 Å². The second kappa shape index (κ2) is 7.74. The predicted octanol–water partition coefficient (Wildman–Crippen LogP) is 3.71. The molecule has 1 aromatic heterocycles. The highest BCUT2D eigenvalue weighted by Gasteiger charge is 2.34. The largest absolute Gasteiger partial charge is 0.497 e. The Morgan fingerprint density at radius 1 is 1.21 bits per heavy atom. The summed E-state index contributed by atoms with van der Waals surface area (Å²) in [6, 6.07) is 13.4. The SMILES string of the molecule is COC[C@H]1COC(=O)N1c1ccc2[nH]nc(/C=C/c3ccc(OC)cc3)c2c1. The molecule has 1 amide bonds. The molecule has 0 spiro atoms. The second-order valence-electron chi connectivity index (χ2n) is 6.50. The molecule has 1 N–H and O–H groups in total. The first kappa shape index (κ1) is 18.1. The van der Waals surface area contributed by atoms with Crippen molar-refractivity contribution in [2.45, 2.75) is 6.04 Å². The highest BCUT2D eigenvalue weighted by atomic mass is 16.6. The summed E-state index contributed by atoms with van der Waals surface area (Å²) in [5.41, 5.74) is 3.49. The lowest BCUT2D eigenvalue weighted by Gasteiger charge is -2.20. The molecule has 0 aliphatic carbocycles. The van der Waals surface area contributed by atoms with Crippen LogP contribution < -0.4 is 9.64 Å². The summed E-state index contributed by atoms with van der Waals surface area (Å²) in [7, 11) is 3.26. The minimum absolute atomic E-state index is 0.139. The van der Waals surface area contributed by atoms with E-state index < -0.39 is 0 Å². The number of hydrogen-bond donors (Lipinski definition) is 1. The van der Waals surface area contributed by atoms with Gasteiger partial charge < -0.3 is 14.2 Å². The Labute approximate surface area is 162 Å². The van der Waals surface area contributed by atoms with Gasteiger partial charge in [-0.15, -0.1) is 0 Å². The monoisotopic (exact) mass is 379 g/mol. The summed E-state index contributed by atoms with van der Waals surface area (Å²) in [4.78, 5) is 13.8. The first-order valence-electron chi connectivity index (χ1n) is 8.95. The van der Waals surface area contributed by atoms with E-state index in [4.69, 9.17) is 14.2 Å². The van der Waals surface area contributed by atoms with Gasteiger partial charge in [-0.25, -0.2) is 4.79 Å². The summed E-state index contributed by atoms with van der Waals surface area (Å²) in [5.74, 6) is 0.815. The Balaban J connectivity index is 1.64. The zero-order valence-corrected chi connectivity index (χ0v) is 15.7. The third kappa shape index (κ3) is 3.44. The number of ether oxygens (including phenoxy) is 3. The number of hydrogen-bond acceptors (Lipinski definition) is 5. The average molecular weight is 379 g/mol. The van der Waals surface area contributed by atoms with Crippen molar-refractivity contribution in [3.05, 3.63) is 53.7 Å². The summed E-state index contributed by atoms with van der Waals surface area (Å²) in [6.07, 6.45) is 3.57. The van der Waals surface area contributed by atoms with Crippen LogP contribution in [-0.2, 0) is 9.47 Å². The van der Waals surface area contributed by atoms with Crippen LogP contribution in [0.4, 0.5) is 10.5 Å². The van der Waals surface area contributed by atoms with E-state index in [9.17, 15) is 4.79 Å². The van der Waals surface area contributed by atoms with Crippen LogP contribution in [0.15, 0.2) is 42.5 Å². The molecule has 0 bridgehead atoms. The third-order valence-electron chi connectivity index (χ3n) is 4.72. The number of amides is 1. The Morgan fingerprint density at radius 2 is 2.04 bits per heavy atom. The standard InChI is InChI=1S/C21H21N3O4/c1-26-12-16-13-28-21(25)24(16)15-6-10-20-18(11-15)19(22-23-20)9-5-14-3-7-17(27-2)8-4-14/h3-11,16H,12-13H2,1-2H3,(H,22,23)/b9-5+/t16-/m0/s1. The van der Waals surface area contributed by atoms with Gasteiger partial charge in [0, 0.05) is 18.2 Å². The lowest BCUT2D eigenvalue weighted by Crippen LogP contribution is -2.36. The van der Waals surface area contributed by atoms with Crippen molar-refractivity contribution in [1.82, 2.24) is 10.2 Å². The van der Waals surface area contributed by atoms with Crippen molar-refractivity contribution in [3.63, 3.8) is 0 Å². The molecule has 0 unspecified atom stereocenters. The van der Waals surface area contributed by atoms with Gasteiger partial charge in [-0.3, -0.25) is 10.00 Å². The van der Waals surface area contributed by atoms with Crippen LogP contribution in [-0.4, -0.2) is 49.8 Å². The minimum Gasteiger partial charge on any atom is -0.497 e. The molecule has 7 heteroatoms. The van der Waals surface area contributed by atoms with Crippen LogP contribution in [0, 0.1) is 0 Å². The fourth-order valence-electron chi connectivity index (χ4n) is 3.28. The number of H-pyrrole nitrogens is 1. The van der Waals surface area contributed by atoms with Crippen molar-refractivity contribution in [1.29, 1.82) is 0 Å². The number of benzene rings is 2. The molecule has 1 saturated heterocycles. The van der Waals surface area contributed by atoms with E-state index in [2.05, 4.69) is 10.2 Å². The van der Waals surface area contributed by atoms with Crippen molar-refractivity contribution in [3.8, 4) is 5.75 Å². The number of anilines is 1. The van der Waals surface area contributed by atoms with Gasteiger partial charge in [0.15, 0.2) is 0 Å². The molecule has 7 nitrogen and oxygen atoms in total. The Morgan fingerprint density at radius 3 is 2.79 bits per heavy atom. The van der Waals surface area contributed by atoms with E-state index in [1.165, 1.54) is 0 Å². The summed E-state index contributed by atoms with van der Waals surface area (Å²) >= 11 is 0. The predicted molar refractivity (Wildman–Crippen MR) is 108 cm³/mol. The van der Waals surface area contributed by atoms with Crippen molar-refractivity contribution < 1.29 is 19.0 Å². The highest BCUT2D eigenvalue weighted by molar-refractivity contribution is 5.96. The Hall–Kier alpha value is -3.32. The Kier molecular flexibility index (Phi) is 4.99. The summed E-state index contributed by atoms with van der Waals surface area (Å²) in [5, 5.41) is 8.35. The normalized spacial score (nSPS) is 16.9.